The second-order valence-electron chi connectivity index (χ2n) is 6.50. The third-order valence-corrected chi connectivity index (χ3v) is 6.73. The highest BCUT2D eigenvalue weighted by Crippen LogP contribution is 2.29. The van der Waals surface area contributed by atoms with Crippen LogP contribution in [0.5, 0.6) is 5.75 Å². The first-order chi connectivity index (χ1) is 12.3. The molecule has 3 rings (SSSR count). The second-order valence-corrected chi connectivity index (χ2v) is 8.43. The van der Waals surface area contributed by atoms with Gasteiger partial charge in [0.25, 0.3) is 0 Å². The highest BCUT2D eigenvalue weighted by Gasteiger charge is 2.42. The molecule has 1 aromatic carbocycles. The Balaban J connectivity index is 1.69. The van der Waals surface area contributed by atoms with E-state index in [2.05, 4.69) is 0 Å². The average Bonchev–Trinajstić information content (AvgIpc) is 3.22. The van der Waals surface area contributed by atoms with Crippen molar-refractivity contribution in [3.05, 3.63) is 24.3 Å². The summed E-state index contributed by atoms with van der Waals surface area (Å²) in [7, 11) is -3.66. The molecule has 1 aromatic rings. The van der Waals surface area contributed by atoms with Gasteiger partial charge in [-0.1, -0.05) is 0 Å². The summed E-state index contributed by atoms with van der Waals surface area (Å²) in [5, 5.41) is 9.09. The standard InChI is InChI=1S/C17H22N2O6S/c1-2-25-14-3-5-15(6-4-14)26(23,24)18-8-7-13(11-18)19-10-12(17(21)22)9-16(19)20/h3-6,12-13H,2,7-11H2,1H3,(H,21,22). The first kappa shape index (κ1) is 18.7. The Bertz CT molecular complexity index is 792. The van der Waals surface area contributed by atoms with E-state index in [1.165, 1.54) is 21.3 Å². The maximum atomic E-state index is 12.8. The van der Waals surface area contributed by atoms with E-state index in [4.69, 9.17) is 9.84 Å². The molecular weight excluding hydrogens is 360 g/mol. The number of hydrogen-bond acceptors (Lipinski definition) is 5. The lowest BCUT2D eigenvalue weighted by atomic mass is 10.1. The van der Waals surface area contributed by atoms with Crippen LogP contribution in [0.3, 0.4) is 0 Å². The quantitative estimate of drug-likeness (QED) is 0.780. The van der Waals surface area contributed by atoms with Gasteiger partial charge in [0.1, 0.15) is 5.75 Å². The van der Waals surface area contributed by atoms with Crippen molar-refractivity contribution in [3.8, 4) is 5.75 Å². The number of sulfonamides is 1. The van der Waals surface area contributed by atoms with Crippen molar-refractivity contribution in [2.45, 2.75) is 30.7 Å². The van der Waals surface area contributed by atoms with E-state index in [1.54, 1.807) is 12.1 Å². The monoisotopic (exact) mass is 382 g/mol. The Hall–Kier alpha value is -2.13. The molecule has 0 radical (unpaired) electrons. The van der Waals surface area contributed by atoms with Crippen LogP contribution in [0, 0.1) is 5.92 Å². The van der Waals surface area contributed by atoms with Crippen molar-refractivity contribution in [3.63, 3.8) is 0 Å². The molecule has 2 heterocycles. The fourth-order valence-corrected chi connectivity index (χ4v) is 4.95. The molecule has 0 aliphatic carbocycles. The number of ether oxygens (including phenoxy) is 1. The third-order valence-electron chi connectivity index (χ3n) is 4.85. The fraction of sp³-hybridized carbons (Fsp3) is 0.529. The molecule has 26 heavy (non-hydrogen) atoms. The van der Waals surface area contributed by atoms with Gasteiger partial charge in [-0.05, 0) is 37.6 Å². The molecule has 9 heteroatoms. The fourth-order valence-electron chi connectivity index (χ4n) is 3.46. The molecule has 0 aromatic heterocycles. The van der Waals surface area contributed by atoms with Gasteiger partial charge in [-0.3, -0.25) is 9.59 Å². The highest BCUT2D eigenvalue weighted by molar-refractivity contribution is 7.89. The van der Waals surface area contributed by atoms with E-state index >= 15 is 0 Å². The van der Waals surface area contributed by atoms with Crippen LogP contribution in [-0.2, 0) is 19.6 Å². The molecule has 2 aliphatic rings. The summed E-state index contributed by atoms with van der Waals surface area (Å²) in [6.07, 6.45) is 0.492. The summed E-state index contributed by atoms with van der Waals surface area (Å²) in [6, 6.07) is 5.98. The van der Waals surface area contributed by atoms with Gasteiger partial charge in [0.2, 0.25) is 15.9 Å². The van der Waals surface area contributed by atoms with Crippen molar-refractivity contribution >= 4 is 21.9 Å². The Morgan fingerprint density at radius 1 is 1.27 bits per heavy atom. The number of carboxylic acids is 1. The summed E-state index contributed by atoms with van der Waals surface area (Å²) in [5.41, 5.74) is 0. The molecule has 2 atom stereocenters. The molecule has 2 fully saturated rings. The number of likely N-dealkylation sites (tertiary alicyclic amines) is 1. The minimum atomic E-state index is -3.66. The van der Waals surface area contributed by atoms with E-state index < -0.39 is 21.9 Å². The number of carbonyl (C=O) groups is 2. The van der Waals surface area contributed by atoms with E-state index in [-0.39, 0.29) is 36.4 Å². The van der Waals surface area contributed by atoms with Gasteiger partial charge in [-0.2, -0.15) is 4.31 Å². The molecule has 2 saturated heterocycles. The van der Waals surface area contributed by atoms with Gasteiger partial charge in [-0.15, -0.1) is 0 Å². The molecule has 1 N–H and O–H groups in total. The zero-order valence-corrected chi connectivity index (χ0v) is 15.3. The van der Waals surface area contributed by atoms with E-state index in [0.717, 1.165) is 0 Å². The largest absolute Gasteiger partial charge is 0.494 e. The van der Waals surface area contributed by atoms with Gasteiger partial charge < -0.3 is 14.7 Å². The average molecular weight is 382 g/mol. The van der Waals surface area contributed by atoms with Crippen molar-refractivity contribution in [1.82, 2.24) is 9.21 Å². The molecule has 1 amide bonds. The smallest absolute Gasteiger partial charge is 0.308 e. The molecular formula is C17H22N2O6S. The van der Waals surface area contributed by atoms with Crippen molar-refractivity contribution < 1.29 is 27.9 Å². The van der Waals surface area contributed by atoms with Crippen molar-refractivity contribution in [2.75, 3.05) is 26.2 Å². The number of nitrogens with zero attached hydrogens (tertiary/aromatic N) is 2. The first-order valence-electron chi connectivity index (χ1n) is 8.58. The lowest BCUT2D eigenvalue weighted by Crippen LogP contribution is -2.40. The van der Waals surface area contributed by atoms with Crippen LogP contribution in [-0.4, -0.2) is 66.9 Å². The van der Waals surface area contributed by atoms with Gasteiger partial charge in [-0.25, -0.2) is 8.42 Å². The van der Waals surface area contributed by atoms with Crippen LogP contribution >= 0.6 is 0 Å². The number of rotatable bonds is 6. The first-order valence-corrected chi connectivity index (χ1v) is 10.0. The SMILES string of the molecule is CCOc1ccc(S(=O)(=O)N2CCC(N3CC(C(=O)O)CC3=O)C2)cc1. The number of carboxylic acid groups (broad SMARTS) is 1. The highest BCUT2D eigenvalue weighted by atomic mass is 32.2. The maximum absolute atomic E-state index is 12.8. The van der Waals surface area contributed by atoms with Gasteiger partial charge >= 0.3 is 5.97 Å². The lowest BCUT2D eigenvalue weighted by molar-refractivity contribution is -0.141. The number of amides is 1. The Morgan fingerprint density at radius 3 is 2.54 bits per heavy atom. The number of benzene rings is 1. The zero-order valence-electron chi connectivity index (χ0n) is 14.5. The zero-order chi connectivity index (χ0) is 18.9. The summed E-state index contributed by atoms with van der Waals surface area (Å²) >= 11 is 0. The van der Waals surface area contributed by atoms with Gasteiger partial charge in [0.05, 0.1) is 17.4 Å². The Morgan fingerprint density at radius 2 is 1.96 bits per heavy atom. The molecule has 2 unspecified atom stereocenters. The van der Waals surface area contributed by atoms with Gasteiger partial charge in [0.15, 0.2) is 0 Å². The topological polar surface area (TPSA) is 104 Å². The summed E-state index contributed by atoms with van der Waals surface area (Å²) in [4.78, 5) is 24.9. The van der Waals surface area contributed by atoms with Gasteiger partial charge in [0, 0.05) is 32.1 Å². The predicted molar refractivity (Wildman–Crippen MR) is 92.2 cm³/mol. The molecule has 0 bridgehead atoms. The lowest BCUT2D eigenvalue weighted by Gasteiger charge is -2.24. The normalized spacial score (nSPS) is 24.2. The summed E-state index contributed by atoms with van der Waals surface area (Å²) < 4.78 is 32.3. The van der Waals surface area contributed by atoms with Crippen LogP contribution in [0.2, 0.25) is 0 Å². The summed E-state index contributed by atoms with van der Waals surface area (Å²) in [6.45, 7) is 3.00. The van der Waals surface area contributed by atoms with Crippen LogP contribution in [0.1, 0.15) is 19.8 Å². The minimum absolute atomic E-state index is 0.0164. The van der Waals surface area contributed by atoms with Crippen molar-refractivity contribution in [1.29, 1.82) is 0 Å². The molecule has 0 saturated carbocycles. The number of aliphatic carboxylic acids is 1. The number of hydrogen-bond donors (Lipinski definition) is 1. The van der Waals surface area contributed by atoms with Crippen LogP contribution in [0.15, 0.2) is 29.2 Å². The maximum Gasteiger partial charge on any atom is 0.308 e. The van der Waals surface area contributed by atoms with Crippen LogP contribution in [0.25, 0.3) is 0 Å². The molecule has 0 spiro atoms. The molecule has 8 nitrogen and oxygen atoms in total. The predicted octanol–water partition coefficient (Wildman–Crippen LogP) is 0.781. The third kappa shape index (κ3) is 3.54. The van der Waals surface area contributed by atoms with Crippen LogP contribution < -0.4 is 4.74 Å². The second kappa shape index (κ2) is 7.24. The van der Waals surface area contributed by atoms with E-state index in [9.17, 15) is 18.0 Å². The molecule has 142 valence electrons. The minimum Gasteiger partial charge on any atom is -0.494 e. The number of carbonyl (C=O) groups excluding carboxylic acids is 1. The van der Waals surface area contributed by atoms with E-state index in [0.29, 0.717) is 25.3 Å². The Kier molecular flexibility index (Phi) is 5.19. The summed E-state index contributed by atoms with van der Waals surface area (Å²) in [5.74, 6) is -1.31. The Labute approximate surface area is 152 Å². The molecule has 2 aliphatic heterocycles. The van der Waals surface area contributed by atoms with Crippen LogP contribution in [0.4, 0.5) is 0 Å². The van der Waals surface area contributed by atoms with Crippen molar-refractivity contribution in [2.24, 2.45) is 5.92 Å². The van der Waals surface area contributed by atoms with E-state index in [1.807, 2.05) is 6.92 Å².